The number of carbonyl (C=O) groups is 3. The van der Waals surface area contributed by atoms with Crippen LogP contribution in [0.3, 0.4) is 0 Å². The van der Waals surface area contributed by atoms with Crippen molar-refractivity contribution in [3.8, 4) is 0 Å². The lowest BCUT2D eigenvalue weighted by Gasteiger charge is -2.32. The second kappa shape index (κ2) is 9.28. The van der Waals surface area contributed by atoms with E-state index in [0.29, 0.717) is 36.3 Å². The number of aromatic nitrogens is 2. The summed E-state index contributed by atoms with van der Waals surface area (Å²) >= 11 is 0. The van der Waals surface area contributed by atoms with Crippen LogP contribution >= 0.6 is 0 Å². The quantitative estimate of drug-likeness (QED) is 0.736. The number of piperidine rings is 1. The van der Waals surface area contributed by atoms with Crippen molar-refractivity contribution in [1.82, 2.24) is 14.7 Å². The number of likely N-dealkylation sites (tertiary alicyclic amines) is 1. The first-order valence-electron chi connectivity index (χ1n) is 10.2. The molecule has 0 saturated carbocycles. The first-order chi connectivity index (χ1) is 14.7. The second-order valence-corrected chi connectivity index (χ2v) is 7.84. The third-order valence-electron chi connectivity index (χ3n) is 5.55. The third-order valence-corrected chi connectivity index (χ3v) is 5.55. The molecule has 8 nitrogen and oxygen atoms in total. The van der Waals surface area contributed by atoms with Crippen LogP contribution in [0.5, 0.6) is 0 Å². The summed E-state index contributed by atoms with van der Waals surface area (Å²) in [6, 6.07) is 5.31. The molecule has 166 valence electrons. The van der Waals surface area contributed by atoms with Crippen molar-refractivity contribution in [2.24, 2.45) is 13.0 Å². The molecule has 1 fully saturated rings. The maximum absolute atomic E-state index is 13.1. The Hall–Kier alpha value is -3.23. The number of esters is 1. The maximum Gasteiger partial charge on any atom is 0.311 e. The summed E-state index contributed by atoms with van der Waals surface area (Å²) in [5.41, 5.74) is 2.44. The summed E-state index contributed by atoms with van der Waals surface area (Å²) in [6.07, 6.45) is 0.220. The smallest absolute Gasteiger partial charge is 0.311 e. The van der Waals surface area contributed by atoms with Gasteiger partial charge in [0.15, 0.2) is 6.10 Å². The Labute approximate surface area is 180 Å². The molecule has 2 heterocycles. The molecule has 0 radical (unpaired) electrons. The molecule has 1 N–H and O–H groups in total. The Morgan fingerprint density at radius 2 is 1.90 bits per heavy atom. The predicted molar refractivity (Wildman–Crippen MR) is 112 cm³/mol. The van der Waals surface area contributed by atoms with Gasteiger partial charge in [0.25, 0.3) is 11.8 Å². The number of nitrogens with one attached hydrogen (secondary N) is 1. The molecule has 0 bridgehead atoms. The highest BCUT2D eigenvalue weighted by Gasteiger charge is 2.32. The van der Waals surface area contributed by atoms with E-state index in [1.54, 1.807) is 23.6 Å². The summed E-state index contributed by atoms with van der Waals surface area (Å²) < 4.78 is 20.2. The van der Waals surface area contributed by atoms with Crippen molar-refractivity contribution in [2.75, 3.05) is 18.4 Å². The Morgan fingerprint density at radius 3 is 2.52 bits per heavy atom. The number of nitrogens with zero attached hydrogens (tertiary/aromatic N) is 3. The number of carbonyl (C=O) groups excluding carboxylic acids is 3. The number of hydrogen-bond acceptors (Lipinski definition) is 5. The van der Waals surface area contributed by atoms with E-state index in [1.807, 2.05) is 6.92 Å². The van der Waals surface area contributed by atoms with E-state index in [0.717, 1.165) is 5.69 Å². The number of anilines is 1. The lowest BCUT2D eigenvalue weighted by molar-refractivity contribution is -0.158. The standard InChI is InChI=1S/C22H27FN4O4/c1-13-19(14(2)26(4)25-13)24-20(28)15(3)31-22(30)17-6-5-11-27(12-17)21(29)16-7-9-18(23)10-8-16/h7-10,15,17H,5-6,11-12H2,1-4H3,(H,24,28). The van der Waals surface area contributed by atoms with Gasteiger partial charge in [0, 0.05) is 25.7 Å². The molecule has 2 aromatic rings. The topological polar surface area (TPSA) is 93.5 Å². The Morgan fingerprint density at radius 1 is 1.23 bits per heavy atom. The van der Waals surface area contributed by atoms with Gasteiger partial charge in [-0.3, -0.25) is 19.1 Å². The van der Waals surface area contributed by atoms with Crippen molar-refractivity contribution in [3.63, 3.8) is 0 Å². The maximum atomic E-state index is 13.1. The predicted octanol–water partition coefficient (Wildman–Crippen LogP) is 2.60. The Bertz CT molecular complexity index is 986. The molecule has 1 saturated heterocycles. The largest absolute Gasteiger partial charge is 0.452 e. The molecule has 1 aromatic heterocycles. The van der Waals surface area contributed by atoms with Crippen LogP contribution in [0.15, 0.2) is 24.3 Å². The van der Waals surface area contributed by atoms with Crippen molar-refractivity contribution >= 4 is 23.5 Å². The molecule has 1 aliphatic rings. The fourth-order valence-corrected chi connectivity index (χ4v) is 3.63. The van der Waals surface area contributed by atoms with E-state index in [4.69, 9.17) is 4.74 Å². The average molecular weight is 430 g/mol. The molecule has 2 amide bonds. The molecule has 0 spiro atoms. The number of benzene rings is 1. The van der Waals surface area contributed by atoms with Gasteiger partial charge in [-0.05, 0) is 57.9 Å². The molecular weight excluding hydrogens is 403 g/mol. The number of amides is 2. The van der Waals surface area contributed by atoms with Crippen LogP contribution in [0.2, 0.25) is 0 Å². The van der Waals surface area contributed by atoms with Gasteiger partial charge in [-0.15, -0.1) is 0 Å². The minimum Gasteiger partial charge on any atom is -0.452 e. The van der Waals surface area contributed by atoms with Crippen LogP contribution in [0.25, 0.3) is 0 Å². The fraction of sp³-hybridized carbons (Fsp3) is 0.455. The molecule has 9 heteroatoms. The third kappa shape index (κ3) is 5.10. The molecule has 1 aliphatic heterocycles. The highest BCUT2D eigenvalue weighted by Crippen LogP contribution is 2.22. The lowest BCUT2D eigenvalue weighted by atomic mass is 9.97. The second-order valence-electron chi connectivity index (χ2n) is 7.84. The van der Waals surface area contributed by atoms with E-state index in [-0.39, 0.29) is 12.5 Å². The molecule has 2 atom stereocenters. The first-order valence-corrected chi connectivity index (χ1v) is 10.2. The monoisotopic (exact) mass is 430 g/mol. The zero-order chi connectivity index (χ0) is 22.7. The van der Waals surface area contributed by atoms with Gasteiger partial charge in [0.05, 0.1) is 23.0 Å². The van der Waals surface area contributed by atoms with Gasteiger partial charge < -0.3 is 15.0 Å². The van der Waals surface area contributed by atoms with Crippen LogP contribution in [-0.2, 0) is 21.4 Å². The first kappa shape index (κ1) is 22.5. The van der Waals surface area contributed by atoms with Crippen LogP contribution in [0.4, 0.5) is 10.1 Å². The van der Waals surface area contributed by atoms with Gasteiger partial charge in [0.1, 0.15) is 5.82 Å². The Kier molecular flexibility index (Phi) is 6.72. The molecule has 31 heavy (non-hydrogen) atoms. The number of rotatable bonds is 5. The van der Waals surface area contributed by atoms with E-state index in [2.05, 4.69) is 10.4 Å². The van der Waals surface area contributed by atoms with Crippen LogP contribution in [-0.4, -0.2) is 51.7 Å². The van der Waals surface area contributed by atoms with E-state index in [9.17, 15) is 18.8 Å². The summed E-state index contributed by atoms with van der Waals surface area (Å²) in [4.78, 5) is 39.4. The number of halogens is 1. The molecule has 1 aromatic carbocycles. The van der Waals surface area contributed by atoms with Gasteiger partial charge in [0.2, 0.25) is 0 Å². The van der Waals surface area contributed by atoms with Gasteiger partial charge in [-0.1, -0.05) is 0 Å². The fourth-order valence-electron chi connectivity index (χ4n) is 3.63. The van der Waals surface area contributed by atoms with Crippen molar-refractivity contribution in [3.05, 3.63) is 47.0 Å². The van der Waals surface area contributed by atoms with Gasteiger partial charge in [-0.2, -0.15) is 5.10 Å². The van der Waals surface area contributed by atoms with E-state index in [1.165, 1.54) is 31.2 Å². The summed E-state index contributed by atoms with van der Waals surface area (Å²) in [6.45, 7) is 5.84. The van der Waals surface area contributed by atoms with Crippen molar-refractivity contribution in [2.45, 2.75) is 39.7 Å². The molecular formula is C22H27FN4O4. The van der Waals surface area contributed by atoms with Crippen molar-refractivity contribution < 1.29 is 23.5 Å². The number of ether oxygens (including phenoxy) is 1. The SMILES string of the molecule is Cc1nn(C)c(C)c1NC(=O)C(C)OC(=O)C1CCCN(C(=O)c2ccc(F)cc2)C1. The van der Waals surface area contributed by atoms with Crippen LogP contribution in [0.1, 0.15) is 41.5 Å². The highest BCUT2D eigenvalue weighted by atomic mass is 19.1. The number of aryl methyl sites for hydroxylation is 2. The average Bonchev–Trinajstić information content (AvgIpc) is 2.99. The number of hydrogen-bond donors (Lipinski definition) is 1. The summed E-state index contributed by atoms with van der Waals surface area (Å²) in [7, 11) is 1.78. The van der Waals surface area contributed by atoms with Crippen molar-refractivity contribution in [1.29, 1.82) is 0 Å². The molecule has 3 rings (SSSR count). The molecule has 2 unspecified atom stereocenters. The van der Waals surface area contributed by atoms with Crippen LogP contribution < -0.4 is 5.32 Å². The lowest BCUT2D eigenvalue weighted by Crippen LogP contribution is -2.44. The van der Waals surface area contributed by atoms with Crippen LogP contribution in [0, 0.1) is 25.6 Å². The van der Waals surface area contributed by atoms with Gasteiger partial charge in [-0.25, -0.2) is 4.39 Å². The minimum absolute atomic E-state index is 0.199. The zero-order valence-corrected chi connectivity index (χ0v) is 18.1. The van der Waals surface area contributed by atoms with Gasteiger partial charge >= 0.3 is 5.97 Å². The minimum atomic E-state index is -0.991. The summed E-state index contributed by atoms with van der Waals surface area (Å²) in [5.74, 6) is -2.15. The highest BCUT2D eigenvalue weighted by molar-refractivity contribution is 5.96. The van der Waals surface area contributed by atoms with E-state index < -0.39 is 29.7 Å². The summed E-state index contributed by atoms with van der Waals surface area (Å²) in [5, 5.41) is 7.01. The van der Waals surface area contributed by atoms with E-state index >= 15 is 0 Å². The Balaban J connectivity index is 1.58. The normalized spacial score (nSPS) is 17.2. The zero-order valence-electron chi connectivity index (χ0n) is 18.1. The molecule has 0 aliphatic carbocycles.